The van der Waals surface area contributed by atoms with Crippen molar-refractivity contribution in [1.82, 2.24) is 0 Å². The Hall–Kier alpha value is -0.840. The molecule has 0 radical (unpaired) electrons. The number of thiophene rings is 1. The smallest absolute Gasteiger partial charge is 0.0440 e. The van der Waals surface area contributed by atoms with Gasteiger partial charge in [0.25, 0.3) is 0 Å². The second-order valence-electron chi connectivity index (χ2n) is 4.97. The summed E-state index contributed by atoms with van der Waals surface area (Å²) in [5.74, 6) is 0. The van der Waals surface area contributed by atoms with E-state index in [-0.39, 0.29) is 0 Å². The Kier molecular flexibility index (Phi) is 3.91. The number of nitrogens with zero attached hydrogens (tertiary/aromatic N) is 1. The van der Waals surface area contributed by atoms with Gasteiger partial charge >= 0.3 is 0 Å². The third-order valence-corrected chi connectivity index (χ3v) is 4.98. The van der Waals surface area contributed by atoms with Crippen LogP contribution in [-0.4, -0.2) is 6.04 Å². The van der Waals surface area contributed by atoms with Crippen molar-refractivity contribution < 1.29 is 0 Å². The molecule has 2 aromatic rings. The molecule has 1 heterocycles. The van der Waals surface area contributed by atoms with E-state index < -0.39 is 0 Å². The number of rotatable bonds is 5. The molecule has 0 unspecified atom stereocenters. The molecule has 2 N–H and O–H groups in total. The normalized spacial score (nSPS) is 14.6. The predicted molar refractivity (Wildman–Crippen MR) is 85.6 cm³/mol. The maximum Gasteiger partial charge on any atom is 0.0440 e. The minimum absolute atomic E-state index is 0.578. The van der Waals surface area contributed by atoms with E-state index in [4.69, 9.17) is 5.73 Å². The number of benzene rings is 1. The Morgan fingerprint density at radius 2 is 2.16 bits per heavy atom. The van der Waals surface area contributed by atoms with Gasteiger partial charge in [0.1, 0.15) is 0 Å². The Labute approximate surface area is 126 Å². The minimum Gasteiger partial charge on any atom is -0.364 e. The molecule has 0 amide bonds. The summed E-state index contributed by atoms with van der Waals surface area (Å²) in [6.07, 6.45) is 2.61. The molecule has 0 saturated heterocycles. The van der Waals surface area contributed by atoms with Crippen molar-refractivity contribution in [2.45, 2.75) is 32.0 Å². The van der Waals surface area contributed by atoms with Gasteiger partial charge in [-0.25, -0.2) is 0 Å². The molecule has 100 valence electrons. The molecule has 0 bridgehead atoms. The van der Waals surface area contributed by atoms with Crippen LogP contribution in [0.3, 0.4) is 0 Å². The van der Waals surface area contributed by atoms with Crippen molar-refractivity contribution in [3.05, 3.63) is 50.6 Å². The van der Waals surface area contributed by atoms with Gasteiger partial charge in [-0.3, -0.25) is 0 Å². The lowest BCUT2D eigenvalue weighted by molar-refractivity contribution is 0.795. The monoisotopic (exact) mass is 336 g/mol. The molecule has 1 fully saturated rings. The Bertz CT molecular complexity index is 549. The van der Waals surface area contributed by atoms with Crippen LogP contribution in [0.1, 0.15) is 24.0 Å². The molecule has 0 aliphatic heterocycles. The number of nitrogens with two attached hydrogens (primary N) is 1. The fourth-order valence-corrected chi connectivity index (χ4v) is 3.47. The Balaban J connectivity index is 1.85. The average molecular weight is 337 g/mol. The molecule has 1 saturated carbocycles. The molecule has 4 heteroatoms. The van der Waals surface area contributed by atoms with E-state index in [9.17, 15) is 0 Å². The first-order valence-corrected chi connectivity index (χ1v) is 8.27. The van der Waals surface area contributed by atoms with E-state index in [1.807, 2.05) is 0 Å². The topological polar surface area (TPSA) is 29.3 Å². The number of halogens is 1. The lowest BCUT2D eigenvalue weighted by Gasteiger charge is -2.25. The second kappa shape index (κ2) is 5.65. The highest BCUT2D eigenvalue weighted by Gasteiger charge is 2.29. The molecule has 0 spiro atoms. The molecule has 2 nitrogen and oxygen atoms in total. The average Bonchev–Trinajstić information content (AvgIpc) is 3.13. The molecule has 3 rings (SSSR count). The number of anilines is 1. The van der Waals surface area contributed by atoms with Crippen molar-refractivity contribution >= 4 is 33.0 Å². The summed E-state index contributed by atoms with van der Waals surface area (Å²) in [7, 11) is 0. The van der Waals surface area contributed by atoms with Crippen molar-refractivity contribution in [3.8, 4) is 0 Å². The Morgan fingerprint density at radius 1 is 1.32 bits per heavy atom. The summed E-state index contributed by atoms with van der Waals surface area (Å²) < 4.78 is 1.11. The highest BCUT2D eigenvalue weighted by Crippen LogP contribution is 2.35. The van der Waals surface area contributed by atoms with Crippen LogP contribution in [0.4, 0.5) is 5.69 Å². The van der Waals surface area contributed by atoms with Crippen molar-refractivity contribution in [3.63, 3.8) is 0 Å². The van der Waals surface area contributed by atoms with E-state index in [1.54, 1.807) is 11.3 Å². The van der Waals surface area contributed by atoms with Crippen LogP contribution in [0, 0.1) is 0 Å². The standard InChI is InChI=1S/C15H17BrN2S/c16-15-7-14(2-1-12(15)8-17)18(13-3-4-13)9-11-5-6-19-10-11/h1-2,5-7,10,13H,3-4,8-9,17H2. The molecular formula is C15H17BrN2S. The van der Waals surface area contributed by atoms with Crippen LogP contribution < -0.4 is 10.6 Å². The summed E-state index contributed by atoms with van der Waals surface area (Å²) in [6, 6.07) is 9.44. The summed E-state index contributed by atoms with van der Waals surface area (Å²) in [6.45, 7) is 1.58. The van der Waals surface area contributed by atoms with Crippen LogP contribution in [-0.2, 0) is 13.1 Å². The van der Waals surface area contributed by atoms with Gasteiger partial charge in [0, 0.05) is 29.3 Å². The highest BCUT2D eigenvalue weighted by molar-refractivity contribution is 9.10. The summed E-state index contributed by atoms with van der Waals surface area (Å²) in [5.41, 5.74) is 9.57. The minimum atomic E-state index is 0.578. The molecule has 1 aromatic carbocycles. The first-order chi connectivity index (χ1) is 9.28. The van der Waals surface area contributed by atoms with Gasteiger partial charge in [0.15, 0.2) is 0 Å². The van der Waals surface area contributed by atoms with Gasteiger partial charge in [0.05, 0.1) is 0 Å². The van der Waals surface area contributed by atoms with E-state index in [0.29, 0.717) is 12.6 Å². The highest BCUT2D eigenvalue weighted by atomic mass is 79.9. The van der Waals surface area contributed by atoms with Crippen molar-refractivity contribution in [2.75, 3.05) is 4.90 Å². The molecule has 19 heavy (non-hydrogen) atoms. The van der Waals surface area contributed by atoms with E-state index in [1.165, 1.54) is 24.1 Å². The molecule has 0 atom stereocenters. The number of hydrogen-bond donors (Lipinski definition) is 1. The van der Waals surface area contributed by atoms with Gasteiger partial charge < -0.3 is 10.6 Å². The maximum atomic E-state index is 5.72. The van der Waals surface area contributed by atoms with Crippen LogP contribution >= 0.6 is 27.3 Å². The lowest BCUT2D eigenvalue weighted by atomic mass is 10.2. The van der Waals surface area contributed by atoms with Crippen LogP contribution in [0.2, 0.25) is 0 Å². The second-order valence-corrected chi connectivity index (χ2v) is 6.60. The molecule has 1 aliphatic carbocycles. The fraction of sp³-hybridized carbons (Fsp3) is 0.333. The zero-order valence-electron chi connectivity index (χ0n) is 10.7. The zero-order chi connectivity index (χ0) is 13.2. The van der Waals surface area contributed by atoms with Crippen molar-refractivity contribution in [1.29, 1.82) is 0 Å². The molecular weight excluding hydrogens is 320 g/mol. The van der Waals surface area contributed by atoms with E-state index >= 15 is 0 Å². The number of hydrogen-bond acceptors (Lipinski definition) is 3. The van der Waals surface area contributed by atoms with Gasteiger partial charge in [-0.15, -0.1) is 0 Å². The summed E-state index contributed by atoms with van der Waals surface area (Å²) in [5, 5.41) is 4.38. The largest absolute Gasteiger partial charge is 0.364 e. The fourth-order valence-electron chi connectivity index (χ4n) is 2.28. The van der Waals surface area contributed by atoms with Gasteiger partial charge in [-0.2, -0.15) is 11.3 Å². The summed E-state index contributed by atoms with van der Waals surface area (Å²) in [4.78, 5) is 2.51. The molecule has 1 aromatic heterocycles. The van der Waals surface area contributed by atoms with Gasteiger partial charge in [0.2, 0.25) is 0 Å². The van der Waals surface area contributed by atoms with E-state index in [2.05, 4.69) is 55.9 Å². The van der Waals surface area contributed by atoms with Gasteiger partial charge in [-0.1, -0.05) is 22.0 Å². The van der Waals surface area contributed by atoms with Gasteiger partial charge in [-0.05, 0) is 52.9 Å². The van der Waals surface area contributed by atoms with Crippen LogP contribution in [0.5, 0.6) is 0 Å². The predicted octanol–water partition coefficient (Wildman–Crippen LogP) is 4.14. The SMILES string of the molecule is NCc1ccc(N(Cc2ccsc2)C2CC2)cc1Br. The first-order valence-electron chi connectivity index (χ1n) is 6.54. The lowest BCUT2D eigenvalue weighted by Crippen LogP contribution is -2.24. The third kappa shape index (κ3) is 3.02. The zero-order valence-corrected chi connectivity index (χ0v) is 13.1. The maximum absolute atomic E-state index is 5.72. The van der Waals surface area contributed by atoms with E-state index in [0.717, 1.165) is 16.6 Å². The van der Waals surface area contributed by atoms with Crippen LogP contribution in [0.15, 0.2) is 39.5 Å². The first kappa shape index (κ1) is 13.2. The quantitative estimate of drug-likeness (QED) is 0.889. The molecule has 1 aliphatic rings. The Morgan fingerprint density at radius 3 is 2.74 bits per heavy atom. The van der Waals surface area contributed by atoms with Crippen LogP contribution in [0.25, 0.3) is 0 Å². The third-order valence-electron chi connectivity index (χ3n) is 3.51. The summed E-state index contributed by atoms with van der Waals surface area (Å²) >= 11 is 5.38. The van der Waals surface area contributed by atoms with Crippen molar-refractivity contribution in [2.24, 2.45) is 5.73 Å².